The summed E-state index contributed by atoms with van der Waals surface area (Å²) in [5, 5.41) is 2.23. The smallest absolute Gasteiger partial charge is 0.277 e. The van der Waals surface area contributed by atoms with Gasteiger partial charge in [0.05, 0.1) is 13.1 Å². The van der Waals surface area contributed by atoms with Gasteiger partial charge in [-0.2, -0.15) is 0 Å². The largest absolute Gasteiger partial charge is 0.354 e. The molecule has 2 heterocycles. The summed E-state index contributed by atoms with van der Waals surface area (Å²) in [6.07, 6.45) is 1.98. The highest BCUT2D eigenvalue weighted by Gasteiger charge is 2.27. The van der Waals surface area contributed by atoms with Crippen molar-refractivity contribution in [3.63, 3.8) is 0 Å². The number of halogens is 4. The van der Waals surface area contributed by atoms with Gasteiger partial charge < -0.3 is 16.0 Å². The fraction of sp³-hybridized carbons (Fsp3) is 0.600. The van der Waals surface area contributed by atoms with Crippen LogP contribution < -0.4 is 16.0 Å². The second-order valence-corrected chi connectivity index (χ2v) is 5.60. The van der Waals surface area contributed by atoms with E-state index in [9.17, 15) is 13.6 Å². The molecule has 1 amide bonds. The van der Waals surface area contributed by atoms with Gasteiger partial charge in [0.2, 0.25) is 5.91 Å². The number of aromatic nitrogens is 1. The minimum Gasteiger partial charge on any atom is -0.354 e. The number of pyridine rings is 1. The number of piperazine rings is 1. The van der Waals surface area contributed by atoms with Gasteiger partial charge in [-0.05, 0) is 12.1 Å². The van der Waals surface area contributed by atoms with Crippen molar-refractivity contribution in [2.75, 3.05) is 50.7 Å². The molecule has 0 unspecified atom stereocenters. The molecule has 0 atom stereocenters. The normalized spacial score (nSPS) is 15.1. The van der Waals surface area contributed by atoms with Crippen molar-refractivity contribution in [3.8, 4) is 0 Å². The van der Waals surface area contributed by atoms with E-state index in [2.05, 4.69) is 20.1 Å². The van der Waals surface area contributed by atoms with Crippen molar-refractivity contribution < 1.29 is 13.6 Å². The summed E-state index contributed by atoms with van der Waals surface area (Å²) in [6.45, 7) is 2.42. The topological polar surface area (TPSA) is 74.5 Å². The second-order valence-electron chi connectivity index (χ2n) is 5.60. The first-order valence-electron chi connectivity index (χ1n) is 7.73. The van der Waals surface area contributed by atoms with E-state index in [0.717, 1.165) is 32.0 Å². The predicted octanol–water partition coefficient (Wildman–Crippen LogP) is 1.15. The van der Waals surface area contributed by atoms with Gasteiger partial charge >= 0.3 is 0 Å². The number of hydrogen-bond acceptors (Lipinski definition) is 5. The Hall–Kier alpha value is -1.22. The number of amides is 1. The minimum atomic E-state index is -3.04. The van der Waals surface area contributed by atoms with Crippen molar-refractivity contribution >= 4 is 36.5 Å². The maximum absolute atomic E-state index is 13.0. The van der Waals surface area contributed by atoms with Gasteiger partial charge in [0.25, 0.3) is 5.92 Å². The molecule has 144 valence electrons. The fourth-order valence-corrected chi connectivity index (χ4v) is 2.39. The first-order chi connectivity index (χ1) is 11.0. The fourth-order valence-electron chi connectivity index (χ4n) is 2.39. The van der Waals surface area contributed by atoms with E-state index < -0.39 is 19.0 Å². The highest BCUT2D eigenvalue weighted by atomic mass is 35.5. The summed E-state index contributed by atoms with van der Waals surface area (Å²) >= 11 is 0. The number of rotatable bonds is 7. The van der Waals surface area contributed by atoms with Gasteiger partial charge in [0, 0.05) is 45.3 Å². The van der Waals surface area contributed by atoms with Crippen LogP contribution in [0.2, 0.25) is 0 Å². The second kappa shape index (κ2) is 11.4. The lowest BCUT2D eigenvalue weighted by molar-refractivity contribution is -0.123. The Balaban J connectivity index is 0.00000288. The molecule has 6 nitrogen and oxygen atoms in total. The van der Waals surface area contributed by atoms with Crippen LogP contribution in [0.25, 0.3) is 0 Å². The average molecular weight is 400 g/mol. The zero-order valence-corrected chi connectivity index (χ0v) is 15.5. The van der Waals surface area contributed by atoms with E-state index in [-0.39, 0.29) is 37.1 Å². The number of alkyl halides is 2. The Morgan fingerprint density at radius 2 is 1.92 bits per heavy atom. The van der Waals surface area contributed by atoms with Gasteiger partial charge in [0.15, 0.2) is 0 Å². The van der Waals surface area contributed by atoms with Gasteiger partial charge in [-0.15, -0.1) is 24.8 Å². The maximum atomic E-state index is 13.0. The molecule has 1 aromatic heterocycles. The molecule has 0 aromatic carbocycles. The molecule has 10 heteroatoms. The third-order valence-corrected chi connectivity index (χ3v) is 3.84. The number of nitrogens with two attached hydrogens (primary N) is 1. The monoisotopic (exact) mass is 399 g/mol. The standard InChI is InChI=1S/C15H23F2N5O.2ClH/c16-15(17,11-18)12-20-14(23)4-6-21-7-9-22(10-8-21)13-3-1-2-5-19-13;;/h1-3,5H,4,6-12,18H2,(H,20,23);2*1H. The molecule has 1 aliphatic heterocycles. The lowest BCUT2D eigenvalue weighted by Gasteiger charge is -2.35. The molecule has 1 aliphatic rings. The zero-order chi connectivity index (χ0) is 16.7. The first kappa shape index (κ1) is 23.8. The Labute approximate surface area is 159 Å². The van der Waals surface area contributed by atoms with E-state index in [0.29, 0.717) is 6.54 Å². The van der Waals surface area contributed by atoms with Crippen LogP contribution in [0.5, 0.6) is 0 Å². The van der Waals surface area contributed by atoms with Crippen LogP contribution in [-0.2, 0) is 4.79 Å². The van der Waals surface area contributed by atoms with Gasteiger partial charge in [-0.3, -0.25) is 9.69 Å². The lowest BCUT2D eigenvalue weighted by Crippen LogP contribution is -2.48. The van der Waals surface area contributed by atoms with Crippen LogP contribution in [0, 0.1) is 0 Å². The first-order valence-corrected chi connectivity index (χ1v) is 7.73. The molecule has 3 N–H and O–H groups in total. The number of carbonyl (C=O) groups excluding carboxylic acids is 1. The molecular weight excluding hydrogens is 375 g/mol. The molecule has 0 aliphatic carbocycles. The summed E-state index contributed by atoms with van der Waals surface area (Å²) in [5.74, 6) is -2.46. The molecule has 1 saturated heterocycles. The van der Waals surface area contributed by atoms with Gasteiger partial charge in [-0.25, -0.2) is 13.8 Å². The highest BCUT2D eigenvalue weighted by molar-refractivity contribution is 5.85. The van der Waals surface area contributed by atoms with E-state index in [1.54, 1.807) is 6.20 Å². The number of hydrogen-bond donors (Lipinski definition) is 2. The van der Waals surface area contributed by atoms with E-state index in [4.69, 9.17) is 5.73 Å². The average Bonchev–Trinajstić information content (AvgIpc) is 2.59. The number of nitrogens with zero attached hydrogens (tertiary/aromatic N) is 3. The quantitative estimate of drug-likeness (QED) is 0.719. The molecule has 1 fully saturated rings. The molecular formula is C15H25Cl2F2N5O. The third kappa shape index (κ3) is 8.13. The maximum Gasteiger partial charge on any atom is 0.277 e. The Morgan fingerprint density at radius 1 is 1.24 bits per heavy atom. The zero-order valence-electron chi connectivity index (χ0n) is 13.9. The summed E-state index contributed by atoms with van der Waals surface area (Å²) in [4.78, 5) is 20.3. The lowest BCUT2D eigenvalue weighted by atomic mass is 10.2. The molecule has 0 radical (unpaired) electrons. The van der Waals surface area contributed by atoms with Crippen LogP contribution in [0.3, 0.4) is 0 Å². The minimum absolute atomic E-state index is 0. The molecule has 2 rings (SSSR count). The van der Waals surface area contributed by atoms with Crippen molar-refractivity contribution in [2.24, 2.45) is 5.73 Å². The Kier molecular flexibility index (Phi) is 10.8. The summed E-state index contributed by atoms with van der Waals surface area (Å²) in [6, 6.07) is 5.81. The molecule has 25 heavy (non-hydrogen) atoms. The molecule has 0 saturated carbocycles. The van der Waals surface area contributed by atoms with E-state index in [1.807, 2.05) is 18.2 Å². The number of carbonyl (C=O) groups is 1. The summed E-state index contributed by atoms with van der Waals surface area (Å²) < 4.78 is 25.9. The SMILES string of the molecule is Cl.Cl.NCC(F)(F)CNC(=O)CCN1CCN(c2ccccn2)CC1. The molecule has 0 bridgehead atoms. The molecule has 0 spiro atoms. The van der Waals surface area contributed by atoms with Crippen molar-refractivity contribution in [3.05, 3.63) is 24.4 Å². The summed E-state index contributed by atoms with van der Waals surface area (Å²) in [5.41, 5.74) is 4.93. The van der Waals surface area contributed by atoms with Crippen LogP contribution in [0.15, 0.2) is 24.4 Å². The van der Waals surface area contributed by atoms with Crippen LogP contribution >= 0.6 is 24.8 Å². The molecule has 1 aromatic rings. The van der Waals surface area contributed by atoms with Crippen LogP contribution in [-0.4, -0.2) is 67.5 Å². The van der Waals surface area contributed by atoms with Crippen molar-refractivity contribution in [1.29, 1.82) is 0 Å². The number of nitrogens with one attached hydrogen (secondary N) is 1. The van der Waals surface area contributed by atoms with Crippen molar-refractivity contribution in [2.45, 2.75) is 12.3 Å². The van der Waals surface area contributed by atoms with Crippen molar-refractivity contribution in [1.82, 2.24) is 15.2 Å². The Bertz CT molecular complexity index is 502. The van der Waals surface area contributed by atoms with Gasteiger partial charge in [0.1, 0.15) is 5.82 Å². The van der Waals surface area contributed by atoms with Gasteiger partial charge in [-0.1, -0.05) is 6.07 Å². The van der Waals surface area contributed by atoms with Crippen LogP contribution in [0.4, 0.5) is 14.6 Å². The third-order valence-electron chi connectivity index (χ3n) is 3.84. The van der Waals surface area contributed by atoms with E-state index in [1.165, 1.54) is 0 Å². The Morgan fingerprint density at radius 3 is 2.48 bits per heavy atom. The van der Waals surface area contributed by atoms with E-state index >= 15 is 0 Å². The van der Waals surface area contributed by atoms with Crippen LogP contribution in [0.1, 0.15) is 6.42 Å². The highest BCUT2D eigenvalue weighted by Crippen LogP contribution is 2.12. The predicted molar refractivity (Wildman–Crippen MR) is 99.0 cm³/mol. The number of anilines is 1. The summed E-state index contributed by atoms with van der Waals surface area (Å²) in [7, 11) is 0.